The summed E-state index contributed by atoms with van der Waals surface area (Å²) >= 11 is 1.61. The maximum absolute atomic E-state index is 12.7. The lowest BCUT2D eigenvalue weighted by molar-refractivity contribution is -0.0505. The summed E-state index contributed by atoms with van der Waals surface area (Å²) in [6.07, 6.45) is 0. The maximum atomic E-state index is 12.7. The van der Waals surface area contributed by atoms with Crippen molar-refractivity contribution < 1.29 is 23.0 Å². The highest BCUT2D eigenvalue weighted by Crippen LogP contribution is 2.38. The quantitative estimate of drug-likeness (QED) is 0.341. The molecule has 154 valence electrons. The molecule has 28 heavy (non-hydrogen) atoms. The summed E-state index contributed by atoms with van der Waals surface area (Å²) in [7, 11) is 1.64. The molecule has 1 aliphatic rings. The number of alkyl halides is 2. The van der Waals surface area contributed by atoms with E-state index < -0.39 is 6.61 Å². The van der Waals surface area contributed by atoms with Crippen molar-refractivity contribution in [2.45, 2.75) is 33.5 Å². The SMILES string of the molecule is CN=C(NCc1cc2c(cc1OC(F)F)OCO2)NCc1sc(C)nc1C.I. The molecule has 3 rings (SSSR count). The molecule has 0 atom stereocenters. The first-order valence-corrected chi connectivity index (χ1v) is 9.02. The van der Waals surface area contributed by atoms with E-state index in [4.69, 9.17) is 9.47 Å². The first kappa shape index (κ1) is 22.4. The third kappa shape index (κ3) is 5.56. The number of rotatable bonds is 6. The number of aliphatic imine (C=N–C) groups is 1. The normalized spacial score (nSPS) is 12.7. The summed E-state index contributed by atoms with van der Waals surface area (Å²) in [6.45, 7) is 1.82. The van der Waals surface area contributed by atoms with Gasteiger partial charge in [-0.15, -0.1) is 35.3 Å². The number of halogens is 3. The van der Waals surface area contributed by atoms with E-state index in [0.717, 1.165) is 15.6 Å². The minimum atomic E-state index is -2.93. The molecule has 0 bridgehead atoms. The molecule has 2 heterocycles. The van der Waals surface area contributed by atoms with E-state index in [1.54, 1.807) is 24.5 Å². The number of benzene rings is 1. The lowest BCUT2D eigenvalue weighted by Gasteiger charge is -2.15. The number of thiazole rings is 1. The van der Waals surface area contributed by atoms with Gasteiger partial charge in [0.1, 0.15) is 5.75 Å². The predicted molar refractivity (Wildman–Crippen MR) is 113 cm³/mol. The number of guanidine groups is 1. The number of hydrogen-bond donors (Lipinski definition) is 2. The monoisotopic (exact) mass is 526 g/mol. The number of ether oxygens (including phenoxy) is 3. The molecule has 0 amide bonds. The van der Waals surface area contributed by atoms with Gasteiger partial charge in [-0.25, -0.2) is 4.98 Å². The lowest BCUT2D eigenvalue weighted by Crippen LogP contribution is -2.36. The molecule has 2 N–H and O–H groups in total. The molecule has 0 fully saturated rings. The standard InChI is InChI=1S/C17H20F2N4O3S.HI/c1-9-15(27-10(2)23-9)7-22-17(20-3)21-6-11-4-13-14(25-8-24-13)5-12(11)26-16(18)19;/h4-5,16H,6-8H2,1-3H3,(H2,20,21,22);1H. The van der Waals surface area contributed by atoms with E-state index >= 15 is 0 Å². The van der Waals surface area contributed by atoms with E-state index in [9.17, 15) is 8.78 Å². The first-order chi connectivity index (χ1) is 13.0. The van der Waals surface area contributed by atoms with Crippen LogP contribution in [0.4, 0.5) is 8.78 Å². The van der Waals surface area contributed by atoms with Crippen molar-refractivity contribution in [1.29, 1.82) is 0 Å². The van der Waals surface area contributed by atoms with Crippen LogP contribution < -0.4 is 24.8 Å². The average molecular weight is 526 g/mol. The Balaban J connectivity index is 0.00000280. The van der Waals surface area contributed by atoms with Crippen LogP contribution in [0, 0.1) is 13.8 Å². The van der Waals surface area contributed by atoms with Gasteiger partial charge in [-0.05, 0) is 19.9 Å². The predicted octanol–water partition coefficient (Wildman–Crippen LogP) is 3.57. The summed E-state index contributed by atoms with van der Waals surface area (Å²) in [5.74, 6) is 1.44. The fourth-order valence-electron chi connectivity index (χ4n) is 2.61. The van der Waals surface area contributed by atoms with Gasteiger partial charge in [0.2, 0.25) is 6.79 Å². The molecule has 1 aliphatic heterocycles. The number of hydrogen-bond acceptors (Lipinski definition) is 6. The Bertz CT molecular complexity index is 848. The molecule has 0 spiro atoms. The second-order valence-electron chi connectivity index (χ2n) is 5.71. The van der Waals surface area contributed by atoms with E-state index in [2.05, 4.69) is 25.3 Å². The number of aryl methyl sites for hydroxylation is 2. The van der Waals surface area contributed by atoms with Crippen LogP contribution in [0.15, 0.2) is 17.1 Å². The summed E-state index contributed by atoms with van der Waals surface area (Å²) in [4.78, 5) is 9.65. The Morgan fingerprint density at radius 2 is 1.93 bits per heavy atom. The van der Waals surface area contributed by atoms with Crippen LogP contribution in [0.25, 0.3) is 0 Å². The highest BCUT2D eigenvalue weighted by molar-refractivity contribution is 14.0. The van der Waals surface area contributed by atoms with Gasteiger partial charge in [0.25, 0.3) is 0 Å². The van der Waals surface area contributed by atoms with Gasteiger partial charge >= 0.3 is 6.61 Å². The van der Waals surface area contributed by atoms with E-state index in [1.807, 2.05) is 13.8 Å². The molecular weight excluding hydrogens is 505 g/mol. The molecule has 11 heteroatoms. The molecule has 0 aliphatic carbocycles. The van der Waals surface area contributed by atoms with Crippen LogP contribution in [0.3, 0.4) is 0 Å². The van der Waals surface area contributed by atoms with Crippen LogP contribution in [0.2, 0.25) is 0 Å². The molecule has 2 aromatic rings. The van der Waals surface area contributed by atoms with Gasteiger partial charge < -0.3 is 24.8 Å². The third-order valence-electron chi connectivity index (χ3n) is 3.86. The van der Waals surface area contributed by atoms with Crippen molar-refractivity contribution in [3.05, 3.63) is 33.3 Å². The summed E-state index contributed by atoms with van der Waals surface area (Å²) in [5, 5.41) is 7.28. The zero-order valence-corrected chi connectivity index (χ0v) is 18.7. The van der Waals surface area contributed by atoms with Crippen molar-refractivity contribution >= 4 is 41.3 Å². The largest absolute Gasteiger partial charge is 0.454 e. The molecule has 7 nitrogen and oxygen atoms in total. The fourth-order valence-corrected chi connectivity index (χ4v) is 3.49. The highest BCUT2D eigenvalue weighted by atomic mass is 127. The van der Waals surface area contributed by atoms with Gasteiger partial charge in [0, 0.05) is 30.1 Å². The summed E-state index contributed by atoms with van der Waals surface area (Å²) in [5.41, 5.74) is 1.48. The molecule has 1 aromatic heterocycles. The van der Waals surface area contributed by atoms with Crippen molar-refractivity contribution in [2.24, 2.45) is 4.99 Å². The van der Waals surface area contributed by atoms with Crippen LogP contribution in [-0.2, 0) is 13.1 Å². The van der Waals surface area contributed by atoms with Gasteiger partial charge in [0.15, 0.2) is 17.5 Å². The van der Waals surface area contributed by atoms with Crippen LogP contribution >= 0.6 is 35.3 Å². The Labute approximate surface area is 182 Å². The van der Waals surface area contributed by atoms with E-state index in [0.29, 0.717) is 29.6 Å². The second-order valence-corrected chi connectivity index (χ2v) is 7.00. The van der Waals surface area contributed by atoms with Crippen molar-refractivity contribution in [3.63, 3.8) is 0 Å². The second kappa shape index (κ2) is 10.0. The van der Waals surface area contributed by atoms with Gasteiger partial charge in [-0.2, -0.15) is 8.78 Å². The zero-order chi connectivity index (χ0) is 19.4. The molecular formula is C17H21F2IN4O3S. The summed E-state index contributed by atoms with van der Waals surface area (Å²) in [6, 6.07) is 3.03. The molecule has 0 radical (unpaired) electrons. The summed E-state index contributed by atoms with van der Waals surface area (Å²) < 4.78 is 40.6. The van der Waals surface area contributed by atoms with E-state index in [-0.39, 0.29) is 43.1 Å². The van der Waals surface area contributed by atoms with Crippen molar-refractivity contribution in [2.75, 3.05) is 13.8 Å². The van der Waals surface area contributed by atoms with Crippen LogP contribution in [0.1, 0.15) is 21.1 Å². The van der Waals surface area contributed by atoms with Gasteiger partial charge in [0.05, 0.1) is 17.2 Å². The van der Waals surface area contributed by atoms with Gasteiger partial charge in [-0.1, -0.05) is 0 Å². The Morgan fingerprint density at radius 1 is 1.25 bits per heavy atom. The third-order valence-corrected chi connectivity index (χ3v) is 4.93. The Kier molecular flexibility index (Phi) is 8.04. The molecule has 0 unspecified atom stereocenters. The maximum Gasteiger partial charge on any atom is 0.387 e. The van der Waals surface area contributed by atoms with Crippen molar-refractivity contribution in [3.8, 4) is 17.2 Å². The number of nitrogens with one attached hydrogen (secondary N) is 2. The first-order valence-electron chi connectivity index (χ1n) is 8.21. The smallest absolute Gasteiger partial charge is 0.387 e. The number of nitrogens with zero attached hydrogens (tertiary/aromatic N) is 2. The fraction of sp³-hybridized carbons (Fsp3) is 0.412. The van der Waals surface area contributed by atoms with E-state index in [1.165, 1.54) is 6.07 Å². The van der Waals surface area contributed by atoms with Gasteiger partial charge in [-0.3, -0.25) is 4.99 Å². The minimum absolute atomic E-state index is 0. The molecule has 0 saturated heterocycles. The van der Waals surface area contributed by atoms with Crippen LogP contribution in [-0.4, -0.2) is 31.4 Å². The van der Waals surface area contributed by atoms with Crippen molar-refractivity contribution in [1.82, 2.24) is 15.6 Å². The minimum Gasteiger partial charge on any atom is -0.454 e. The lowest BCUT2D eigenvalue weighted by atomic mass is 10.1. The Morgan fingerprint density at radius 3 is 2.54 bits per heavy atom. The molecule has 0 saturated carbocycles. The molecule has 1 aromatic carbocycles. The highest BCUT2D eigenvalue weighted by Gasteiger charge is 2.20. The Hall–Kier alpha value is -1.89. The average Bonchev–Trinajstić information content (AvgIpc) is 3.19. The topological polar surface area (TPSA) is 77.0 Å². The van der Waals surface area contributed by atoms with Crippen LogP contribution in [0.5, 0.6) is 17.2 Å². The number of fused-ring (bicyclic) bond motifs is 1. The zero-order valence-electron chi connectivity index (χ0n) is 15.5. The number of aromatic nitrogens is 1.